The molecule has 0 bridgehead atoms. The van der Waals surface area contributed by atoms with Gasteiger partial charge in [0.2, 0.25) is 0 Å². The van der Waals surface area contributed by atoms with Crippen LogP contribution in [0.4, 0.5) is 0 Å². The zero-order valence-electron chi connectivity index (χ0n) is 13.1. The van der Waals surface area contributed by atoms with Crippen LogP contribution in [-0.4, -0.2) is 40.4 Å². The lowest BCUT2D eigenvalue weighted by Gasteiger charge is -2.28. The molecule has 1 fully saturated rings. The average Bonchev–Trinajstić information content (AvgIpc) is 3.12. The topological polar surface area (TPSA) is 67.1 Å². The molecule has 6 heteroatoms. The monoisotopic (exact) mass is 290 g/mol. The fraction of sp³-hybridized carbons (Fsp3) is 0.800. The van der Waals surface area contributed by atoms with Crippen LogP contribution >= 0.6 is 0 Å². The van der Waals surface area contributed by atoms with Crippen LogP contribution in [0.1, 0.15) is 44.9 Å². The number of aryl methyl sites for hydroxylation is 1. The lowest BCUT2D eigenvalue weighted by Crippen LogP contribution is -2.49. The Balaban J connectivity index is 1.51. The molecule has 0 aromatic carbocycles. The van der Waals surface area contributed by atoms with Crippen molar-refractivity contribution in [3.05, 3.63) is 12.2 Å². The van der Waals surface area contributed by atoms with Crippen LogP contribution in [-0.2, 0) is 13.0 Å². The van der Waals surface area contributed by atoms with E-state index in [0.717, 1.165) is 37.7 Å². The molecule has 116 valence electrons. The van der Waals surface area contributed by atoms with Crippen LogP contribution in [0.2, 0.25) is 0 Å². The number of hydrogen-bond acceptors (Lipinski definition) is 3. The average molecular weight is 290 g/mol. The van der Waals surface area contributed by atoms with Gasteiger partial charge in [-0.1, -0.05) is 19.8 Å². The Kier molecular flexibility index (Phi) is 4.12. The van der Waals surface area contributed by atoms with E-state index in [4.69, 9.17) is 0 Å². The van der Waals surface area contributed by atoms with Crippen LogP contribution < -0.4 is 10.6 Å². The Labute approximate surface area is 126 Å². The van der Waals surface area contributed by atoms with Gasteiger partial charge in [-0.3, -0.25) is 4.99 Å². The van der Waals surface area contributed by atoms with Crippen molar-refractivity contribution in [2.45, 2.75) is 58.0 Å². The molecule has 1 saturated carbocycles. The number of rotatable bonds is 3. The maximum Gasteiger partial charge on any atom is 0.191 e. The minimum atomic E-state index is 0.377. The Bertz CT molecular complexity index is 500. The second kappa shape index (κ2) is 6.03. The van der Waals surface area contributed by atoms with Gasteiger partial charge in [0.05, 0.1) is 6.54 Å². The number of guanidine groups is 1. The van der Waals surface area contributed by atoms with Crippen molar-refractivity contribution >= 4 is 5.96 Å². The van der Waals surface area contributed by atoms with Crippen molar-refractivity contribution in [3.63, 3.8) is 0 Å². The zero-order valence-corrected chi connectivity index (χ0v) is 13.1. The van der Waals surface area contributed by atoms with Crippen LogP contribution in [0.15, 0.2) is 11.3 Å². The number of fused-ring (bicyclic) bond motifs is 1. The van der Waals surface area contributed by atoms with E-state index < -0.39 is 0 Å². The highest BCUT2D eigenvalue weighted by molar-refractivity contribution is 5.80. The summed E-state index contributed by atoms with van der Waals surface area (Å²) in [6.07, 6.45) is 9.07. The largest absolute Gasteiger partial charge is 0.356 e. The third-order valence-electron chi connectivity index (χ3n) is 4.86. The molecule has 0 saturated heterocycles. The van der Waals surface area contributed by atoms with E-state index in [1.807, 2.05) is 11.7 Å². The summed E-state index contributed by atoms with van der Waals surface area (Å²) in [5, 5.41) is 11.3. The number of nitrogens with zero attached hydrogens (tertiary/aromatic N) is 4. The van der Waals surface area contributed by atoms with E-state index in [2.05, 4.69) is 32.6 Å². The molecule has 3 rings (SSSR count). The molecule has 1 aliphatic heterocycles. The smallest absolute Gasteiger partial charge is 0.191 e. The third kappa shape index (κ3) is 3.36. The Hall–Kier alpha value is -1.59. The molecule has 1 atom stereocenters. The second-order valence-corrected chi connectivity index (χ2v) is 6.68. The highest BCUT2D eigenvalue weighted by atomic mass is 15.4. The van der Waals surface area contributed by atoms with Gasteiger partial charge in [0.15, 0.2) is 5.96 Å². The summed E-state index contributed by atoms with van der Waals surface area (Å²) in [6.45, 7) is 4.25. The highest BCUT2D eigenvalue weighted by Crippen LogP contribution is 2.36. The van der Waals surface area contributed by atoms with Crippen LogP contribution in [0.25, 0.3) is 0 Å². The first-order chi connectivity index (χ1) is 10.2. The van der Waals surface area contributed by atoms with E-state index in [0.29, 0.717) is 11.5 Å². The summed E-state index contributed by atoms with van der Waals surface area (Å²) in [6, 6.07) is 0.377. The van der Waals surface area contributed by atoms with Crippen molar-refractivity contribution in [1.29, 1.82) is 0 Å². The molecule has 1 aromatic rings. The predicted molar refractivity (Wildman–Crippen MR) is 83.2 cm³/mol. The van der Waals surface area contributed by atoms with Gasteiger partial charge in [-0.25, -0.2) is 9.67 Å². The molecule has 0 radical (unpaired) electrons. The fourth-order valence-corrected chi connectivity index (χ4v) is 3.45. The summed E-state index contributed by atoms with van der Waals surface area (Å²) >= 11 is 0. The first-order valence-electron chi connectivity index (χ1n) is 8.02. The van der Waals surface area contributed by atoms with Gasteiger partial charge < -0.3 is 10.6 Å². The first-order valence-corrected chi connectivity index (χ1v) is 8.02. The number of nitrogens with one attached hydrogen (secondary N) is 2. The van der Waals surface area contributed by atoms with Crippen molar-refractivity contribution in [2.75, 3.05) is 13.6 Å². The van der Waals surface area contributed by atoms with E-state index in [-0.39, 0.29) is 0 Å². The minimum absolute atomic E-state index is 0.377. The van der Waals surface area contributed by atoms with Gasteiger partial charge >= 0.3 is 0 Å². The van der Waals surface area contributed by atoms with Gasteiger partial charge in [-0.2, -0.15) is 5.10 Å². The molecule has 1 aromatic heterocycles. The van der Waals surface area contributed by atoms with E-state index in [9.17, 15) is 0 Å². The fourth-order valence-electron chi connectivity index (χ4n) is 3.45. The summed E-state index contributed by atoms with van der Waals surface area (Å²) in [5.41, 5.74) is 0.434. The lowest BCUT2D eigenvalue weighted by atomic mass is 9.89. The first kappa shape index (κ1) is 14.4. The Morgan fingerprint density at radius 3 is 3.05 bits per heavy atom. The van der Waals surface area contributed by atoms with E-state index in [1.54, 1.807) is 6.33 Å². The maximum atomic E-state index is 4.37. The lowest BCUT2D eigenvalue weighted by molar-refractivity contribution is 0.331. The summed E-state index contributed by atoms with van der Waals surface area (Å²) in [5.74, 6) is 2.01. The van der Waals surface area contributed by atoms with Crippen LogP contribution in [0, 0.1) is 5.41 Å². The molecule has 1 aliphatic carbocycles. The summed E-state index contributed by atoms with van der Waals surface area (Å²) < 4.78 is 1.99. The maximum absolute atomic E-state index is 4.37. The molecule has 2 N–H and O–H groups in total. The molecule has 2 heterocycles. The molecule has 2 aliphatic rings. The molecule has 21 heavy (non-hydrogen) atoms. The minimum Gasteiger partial charge on any atom is -0.356 e. The molecule has 6 nitrogen and oxygen atoms in total. The second-order valence-electron chi connectivity index (χ2n) is 6.68. The molecule has 0 amide bonds. The van der Waals surface area contributed by atoms with Crippen LogP contribution in [0.3, 0.4) is 0 Å². The summed E-state index contributed by atoms with van der Waals surface area (Å²) in [7, 11) is 1.84. The SMILES string of the molecule is CN=C(NCC1(C)CCCC1)NC1CCc2ncnn2C1. The van der Waals surface area contributed by atoms with Gasteiger partial charge in [0.25, 0.3) is 0 Å². The molecular formula is C15H26N6. The third-order valence-corrected chi connectivity index (χ3v) is 4.86. The van der Waals surface area contributed by atoms with Gasteiger partial charge in [0, 0.05) is 26.1 Å². The van der Waals surface area contributed by atoms with Crippen LogP contribution in [0.5, 0.6) is 0 Å². The number of aliphatic imine (C=N–C) groups is 1. The van der Waals surface area contributed by atoms with Crippen molar-refractivity contribution in [3.8, 4) is 0 Å². The molecule has 1 unspecified atom stereocenters. The Morgan fingerprint density at radius 2 is 2.29 bits per heavy atom. The van der Waals surface area contributed by atoms with Gasteiger partial charge in [-0.05, 0) is 24.7 Å². The zero-order chi connectivity index (χ0) is 14.7. The standard InChI is InChI=1S/C15H26N6/c1-15(7-3-4-8-15)10-17-14(16-2)20-12-5-6-13-18-11-19-21(13)9-12/h11-12H,3-10H2,1-2H3,(H2,16,17,20). The number of aromatic nitrogens is 3. The Morgan fingerprint density at radius 1 is 1.48 bits per heavy atom. The van der Waals surface area contributed by atoms with E-state index >= 15 is 0 Å². The van der Waals surface area contributed by atoms with Crippen molar-refractivity contribution < 1.29 is 0 Å². The number of hydrogen-bond donors (Lipinski definition) is 2. The van der Waals surface area contributed by atoms with Crippen molar-refractivity contribution in [2.24, 2.45) is 10.4 Å². The van der Waals surface area contributed by atoms with Crippen molar-refractivity contribution in [1.82, 2.24) is 25.4 Å². The van der Waals surface area contributed by atoms with Gasteiger partial charge in [0.1, 0.15) is 12.2 Å². The quantitative estimate of drug-likeness (QED) is 0.651. The molecule has 0 spiro atoms. The van der Waals surface area contributed by atoms with E-state index in [1.165, 1.54) is 25.7 Å². The predicted octanol–water partition coefficient (Wildman–Crippen LogP) is 1.34. The molecular weight excluding hydrogens is 264 g/mol. The van der Waals surface area contributed by atoms with Gasteiger partial charge in [-0.15, -0.1) is 0 Å². The summed E-state index contributed by atoms with van der Waals surface area (Å²) in [4.78, 5) is 8.63. The highest BCUT2D eigenvalue weighted by Gasteiger charge is 2.29. The normalized spacial score (nSPS) is 24.7.